The number of aromatic nitrogens is 1. The van der Waals surface area contributed by atoms with E-state index in [0.29, 0.717) is 6.54 Å². The summed E-state index contributed by atoms with van der Waals surface area (Å²) in [5.74, 6) is 0.214. The Bertz CT molecular complexity index is 394. The summed E-state index contributed by atoms with van der Waals surface area (Å²) in [6.07, 6.45) is 4.47. The summed E-state index contributed by atoms with van der Waals surface area (Å²) in [5, 5.41) is 3.25. The number of hydrogen-bond acceptors (Lipinski definition) is 3. The molecule has 1 amide bonds. The first kappa shape index (κ1) is 18.2. The molecule has 0 spiro atoms. The minimum absolute atomic E-state index is 0. The van der Waals surface area contributed by atoms with Gasteiger partial charge in [0, 0.05) is 32.5 Å². The standard InChI is InChI=1S/C13H19N3O.2ClH/c1-13(5-7-15-10-13)12(17)16(2)9-11-4-3-6-14-8-11;;/h3-4,6,8,15H,5,7,9-10H2,1-2H3;2*1H. The molecule has 1 aromatic rings. The number of halogens is 2. The number of hydrogen-bond donors (Lipinski definition) is 1. The van der Waals surface area contributed by atoms with Gasteiger partial charge in [-0.3, -0.25) is 9.78 Å². The third-order valence-corrected chi connectivity index (χ3v) is 3.37. The highest BCUT2D eigenvalue weighted by atomic mass is 35.5. The summed E-state index contributed by atoms with van der Waals surface area (Å²) in [5.41, 5.74) is 0.828. The molecule has 1 saturated heterocycles. The molecule has 19 heavy (non-hydrogen) atoms. The van der Waals surface area contributed by atoms with Crippen LogP contribution in [-0.4, -0.2) is 35.9 Å². The molecule has 1 aromatic heterocycles. The fourth-order valence-electron chi connectivity index (χ4n) is 2.30. The number of nitrogens with zero attached hydrogens (tertiary/aromatic N) is 2. The fraction of sp³-hybridized carbons (Fsp3) is 0.538. The summed E-state index contributed by atoms with van der Waals surface area (Å²) < 4.78 is 0. The molecular weight excluding hydrogens is 285 g/mol. The van der Waals surface area contributed by atoms with E-state index in [1.54, 1.807) is 17.3 Å². The van der Waals surface area contributed by atoms with Crippen LogP contribution in [0.5, 0.6) is 0 Å². The molecular formula is C13H21Cl2N3O. The second kappa shape index (κ2) is 7.68. The van der Waals surface area contributed by atoms with Crippen LogP contribution in [0.25, 0.3) is 0 Å². The third kappa shape index (κ3) is 4.34. The van der Waals surface area contributed by atoms with E-state index in [0.717, 1.165) is 25.1 Å². The van der Waals surface area contributed by atoms with Crippen molar-refractivity contribution in [1.82, 2.24) is 15.2 Å². The zero-order valence-electron chi connectivity index (χ0n) is 11.3. The predicted molar refractivity (Wildman–Crippen MR) is 80.8 cm³/mol. The predicted octanol–water partition coefficient (Wildman–Crippen LogP) is 1.88. The number of carbonyl (C=O) groups excluding carboxylic acids is 1. The van der Waals surface area contributed by atoms with E-state index in [1.165, 1.54) is 0 Å². The van der Waals surface area contributed by atoms with Crippen LogP contribution >= 0.6 is 24.8 Å². The monoisotopic (exact) mass is 305 g/mol. The van der Waals surface area contributed by atoms with Gasteiger partial charge in [-0.05, 0) is 31.5 Å². The second-order valence-electron chi connectivity index (χ2n) is 5.01. The van der Waals surface area contributed by atoms with Gasteiger partial charge in [0.1, 0.15) is 0 Å². The zero-order valence-corrected chi connectivity index (χ0v) is 12.9. The molecule has 0 aliphatic carbocycles. The molecule has 1 N–H and O–H groups in total. The summed E-state index contributed by atoms with van der Waals surface area (Å²) in [6, 6.07) is 3.89. The van der Waals surface area contributed by atoms with Gasteiger partial charge < -0.3 is 10.2 Å². The van der Waals surface area contributed by atoms with Crippen LogP contribution in [0.15, 0.2) is 24.5 Å². The summed E-state index contributed by atoms with van der Waals surface area (Å²) >= 11 is 0. The van der Waals surface area contributed by atoms with Crippen LogP contribution < -0.4 is 5.32 Å². The number of nitrogens with one attached hydrogen (secondary N) is 1. The average Bonchev–Trinajstić information content (AvgIpc) is 2.78. The quantitative estimate of drug-likeness (QED) is 0.927. The molecule has 0 radical (unpaired) electrons. The number of pyridine rings is 1. The first-order valence-corrected chi connectivity index (χ1v) is 5.97. The van der Waals surface area contributed by atoms with Crippen LogP contribution in [0.2, 0.25) is 0 Å². The average molecular weight is 306 g/mol. The van der Waals surface area contributed by atoms with Crippen molar-refractivity contribution in [3.05, 3.63) is 30.1 Å². The van der Waals surface area contributed by atoms with Gasteiger partial charge in [-0.15, -0.1) is 24.8 Å². The molecule has 0 bridgehead atoms. The largest absolute Gasteiger partial charge is 0.341 e. The van der Waals surface area contributed by atoms with Gasteiger partial charge in [0.25, 0.3) is 0 Å². The highest BCUT2D eigenvalue weighted by Gasteiger charge is 2.38. The van der Waals surface area contributed by atoms with Gasteiger partial charge in [-0.25, -0.2) is 0 Å². The smallest absolute Gasteiger partial charge is 0.229 e. The SMILES string of the molecule is CN(Cc1cccnc1)C(=O)C1(C)CCNC1.Cl.Cl. The lowest BCUT2D eigenvalue weighted by Gasteiger charge is -2.28. The van der Waals surface area contributed by atoms with Gasteiger partial charge in [0.15, 0.2) is 0 Å². The molecule has 4 nitrogen and oxygen atoms in total. The molecule has 108 valence electrons. The van der Waals surface area contributed by atoms with Gasteiger partial charge in [-0.2, -0.15) is 0 Å². The maximum Gasteiger partial charge on any atom is 0.229 e. The van der Waals surface area contributed by atoms with Crippen molar-refractivity contribution in [2.24, 2.45) is 5.41 Å². The molecule has 0 saturated carbocycles. The van der Waals surface area contributed by atoms with E-state index in [-0.39, 0.29) is 36.1 Å². The van der Waals surface area contributed by atoms with Gasteiger partial charge >= 0.3 is 0 Å². The van der Waals surface area contributed by atoms with Crippen molar-refractivity contribution in [3.8, 4) is 0 Å². The Kier molecular flexibility index (Phi) is 7.34. The minimum Gasteiger partial charge on any atom is -0.341 e. The molecule has 1 fully saturated rings. The van der Waals surface area contributed by atoms with Crippen LogP contribution in [0, 0.1) is 5.41 Å². The summed E-state index contributed by atoms with van der Waals surface area (Å²) in [7, 11) is 1.86. The van der Waals surface area contributed by atoms with Crippen molar-refractivity contribution < 1.29 is 4.79 Å². The molecule has 2 rings (SSSR count). The number of amides is 1. The van der Waals surface area contributed by atoms with Crippen molar-refractivity contribution in [1.29, 1.82) is 0 Å². The Morgan fingerprint density at radius 3 is 2.79 bits per heavy atom. The highest BCUT2D eigenvalue weighted by molar-refractivity contribution is 5.85. The van der Waals surface area contributed by atoms with E-state index in [9.17, 15) is 4.79 Å². The van der Waals surface area contributed by atoms with E-state index in [1.807, 2.05) is 26.1 Å². The van der Waals surface area contributed by atoms with E-state index in [4.69, 9.17) is 0 Å². The lowest BCUT2D eigenvalue weighted by atomic mass is 9.88. The molecule has 1 aliphatic heterocycles. The number of rotatable bonds is 3. The lowest BCUT2D eigenvalue weighted by Crippen LogP contribution is -2.41. The van der Waals surface area contributed by atoms with Crippen LogP contribution in [-0.2, 0) is 11.3 Å². The summed E-state index contributed by atoms with van der Waals surface area (Å²) in [4.78, 5) is 18.2. The van der Waals surface area contributed by atoms with Gasteiger partial charge in [-0.1, -0.05) is 6.07 Å². The molecule has 1 aliphatic rings. The molecule has 2 heterocycles. The van der Waals surface area contributed by atoms with E-state index in [2.05, 4.69) is 10.3 Å². The van der Waals surface area contributed by atoms with Crippen molar-refractivity contribution in [2.45, 2.75) is 19.9 Å². The Balaban J connectivity index is 0.00000162. The fourth-order valence-corrected chi connectivity index (χ4v) is 2.30. The lowest BCUT2D eigenvalue weighted by molar-refractivity contribution is -0.139. The minimum atomic E-state index is -0.239. The van der Waals surface area contributed by atoms with Crippen LogP contribution in [0.3, 0.4) is 0 Å². The van der Waals surface area contributed by atoms with Crippen LogP contribution in [0.4, 0.5) is 0 Å². The highest BCUT2D eigenvalue weighted by Crippen LogP contribution is 2.27. The van der Waals surface area contributed by atoms with Gasteiger partial charge in [0.05, 0.1) is 5.41 Å². The molecule has 1 atom stereocenters. The maximum atomic E-state index is 12.3. The zero-order chi connectivity index (χ0) is 12.3. The Labute approximate surface area is 126 Å². The Morgan fingerprint density at radius 1 is 1.53 bits per heavy atom. The molecule has 6 heteroatoms. The summed E-state index contributed by atoms with van der Waals surface area (Å²) in [6.45, 7) is 4.38. The maximum absolute atomic E-state index is 12.3. The van der Waals surface area contributed by atoms with Crippen molar-refractivity contribution in [2.75, 3.05) is 20.1 Å². The topological polar surface area (TPSA) is 45.2 Å². The Morgan fingerprint density at radius 2 is 2.26 bits per heavy atom. The normalized spacial score (nSPS) is 21.2. The first-order valence-electron chi connectivity index (χ1n) is 5.97. The second-order valence-corrected chi connectivity index (χ2v) is 5.01. The van der Waals surface area contributed by atoms with E-state index >= 15 is 0 Å². The van der Waals surface area contributed by atoms with Crippen LogP contribution in [0.1, 0.15) is 18.9 Å². The molecule has 1 unspecified atom stereocenters. The third-order valence-electron chi connectivity index (χ3n) is 3.37. The Hall–Kier alpha value is -0.840. The van der Waals surface area contributed by atoms with Gasteiger partial charge in [0.2, 0.25) is 5.91 Å². The first-order chi connectivity index (χ1) is 8.12. The van der Waals surface area contributed by atoms with Crippen molar-refractivity contribution >= 4 is 30.7 Å². The van der Waals surface area contributed by atoms with E-state index < -0.39 is 0 Å². The van der Waals surface area contributed by atoms with Crippen molar-refractivity contribution in [3.63, 3.8) is 0 Å². The molecule has 0 aromatic carbocycles. The number of carbonyl (C=O) groups is 1.